The van der Waals surface area contributed by atoms with E-state index < -0.39 is 81.9 Å². The second-order valence-corrected chi connectivity index (χ2v) is 11.5. The summed E-state index contributed by atoms with van der Waals surface area (Å²) in [5.41, 5.74) is -3.59. The van der Waals surface area contributed by atoms with E-state index in [-0.39, 0.29) is 41.3 Å². The van der Waals surface area contributed by atoms with Gasteiger partial charge in [-0.1, -0.05) is 44.4 Å². The monoisotopic (exact) mass is 720 g/mol. The first-order valence-corrected chi connectivity index (χ1v) is 15.2. The van der Waals surface area contributed by atoms with E-state index in [2.05, 4.69) is 16.4 Å². The molecule has 1 aliphatic rings. The lowest BCUT2D eigenvalue weighted by Crippen LogP contribution is -2.27. The highest BCUT2D eigenvalue weighted by molar-refractivity contribution is 5.65. The number of benzene rings is 4. The molecule has 0 radical (unpaired) electrons. The molecule has 5 rings (SSSR count). The number of ether oxygens (including phenoxy) is 4. The number of hydrogen-bond donors (Lipinski definition) is 0. The average Bonchev–Trinajstić information content (AvgIpc) is 3.03. The molecule has 0 spiro atoms. The van der Waals surface area contributed by atoms with Crippen LogP contribution in [0.25, 0.3) is 11.1 Å². The van der Waals surface area contributed by atoms with Gasteiger partial charge in [0, 0.05) is 41.3 Å². The molecular weight excluding hydrogens is 693 g/mol. The average molecular weight is 721 g/mol. The van der Waals surface area contributed by atoms with Crippen LogP contribution >= 0.6 is 0 Å². The van der Waals surface area contributed by atoms with E-state index in [1.165, 1.54) is 12.1 Å². The van der Waals surface area contributed by atoms with E-state index in [9.17, 15) is 43.9 Å². The zero-order valence-electron chi connectivity index (χ0n) is 26.0. The largest absolute Gasteiger partial charge is 0.432 e. The van der Waals surface area contributed by atoms with E-state index >= 15 is 4.39 Å². The van der Waals surface area contributed by atoms with Crippen LogP contribution < -0.4 is 9.47 Å². The minimum absolute atomic E-state index is 0.0193. The molecule has 4 nitrogen and oxygen atoms in total. The lowest BCUT2D eigenvalue weighted by molar-refractivity contribution is -0.206. The van der Waals surface area contributed by atoms with Crippen LogP contribution in [0, 0.1) is 46.6 Å². The number of rotatable bonds is 12. The van der Waals surface area contributed by atoms with Crippen molar-refractivity contribution in [1.29, 1.82) is 0 Å². The van der Waals surface area contributed by atoms with Crippen molar-refractivity contribution in [3.05, 3.63) is 118 Å². The Kier molecular flexibility index (Phi) is 11.0. The van der Waals surface area contributed by atoms with Crippen molar-refractivity contribution in [2.75, 3.05) is 13.2 Å². The molecular formula is C35H27F11O4. The van der Waals surface area contributed by atoms with Gasteiger partial charge in [-0.15, -0.1) is 0 Å². The Bertz CT molecular complexity index is 1800. The van der Waals surface area contributed by atoms with Gasteiger partial charge in [-0.05, 0) is 30.2 Å². The molecule has 0 aliphatic carbocycles. The first-order valence-electron chi connectivity index (χ1n) is 15.2. The van der Waals surface area contributed by atoms with Gasteiger partial charge < -0.3 is 18.9 Å². The molecule has 50 heavy (non-hydrogen) atoms. The van der Waals surface area contributed by atoms with Gasteiger partial charge in [0.15, 0.2) is 23.7 Å². The summed E-state index contributed by atoms with van der Waals surface area (Å²) in [4.78, 5) is 0. The van der Waals surface area contributed by atoms with E-state index in [1.807, 2.05) is 0 Å². The fraction of sp³-hybridized carbons (Fsp3) is 0.314. The van der Waals surface area contributed by atoms with Crippen LogP contribution in [-0.4, -0.2) is 13.2 Å². The SMILES string of the molecule is CCCCCC1COC(c2ccc(-c3ccc(C(F)(F)Oc4cc(F)c(C(F)(F)Oc5cc(F)c(F)c(F)c5)c(F)c4)c(F)c3)c(F)c2)OC1. The van der Waals surface area contributed by atoms with Gasteiger partial charge in [0.2, 0.25) is 0 Å². The van der Waals surface area contributed by atoms with Crippen molar-refractivity contribution < 1.29 is 67.2 Å². The molecule has 0 bridgehead atoms. The summed E-state index contributed by atoms with van der Waals surface area (Å²) in [6.45, 7) is 2.94. The van der Waals surface area contributed by atoms with Crippen molar-refractivity contribution in [1.82, 2.24) is 0 Å². The minimum atomic E-state index is -4.99. The summed E-state index contributed by atoms with van der Waals surface area (Å²) in [7, 11) is 0. The van der Waals surface area contributed by atoms with Gasteiger partial charge in [-0.25, -0.2) is 30.7 Å². The predicted octanol–water partition coefficient (Wildman–Crippen LogP) is 10.8. The Labute approximate surface area is 278 Å². The molecule has 1 saturated heterocycles. The molecule has 0 atom stereocenters. The molecule has 4 aromatic carbocycles. The highest BCUT2D eigenvalue weighted by Gasteiger charge is 2.43. The molecule has 0 unspecified atom stereocenters. The Morgan fingerprint density at radius 3 is 1.78 bits per heavy atom. The van der Waals surface area contributed by atoms with Crippen molar-refractivity contribution in [3.63, 3.8) is 0 Å². The maximum atomic E-state index is 15.1. The summed E-state index contributed by atoms with van der Waals surface area (Å²) in [5, 5.41) is 0. The van der Waals surface area contributed by atoms with Crippen LogP contribution in [0.4, 0.5) is 48.3 Å². The fourth-order valence-electron chi connectivity index (χ4n) is 5.30. The lowest BCUT2D eigenvalue weighted by Gasteiger charge is -2.29. The van der Waals surface area contributed by atoms with Crippen LogP contribution in [-0.2, 0) is 21.7 Å². The predicted molar refractivity (Wildman–Crippen MR) is 156 cm³/mol. The molecule has 4 aromatic rings. The molecule has 0 saturated carbocycles. The molecule has 1 fully saturated rings. The van der Waals surface area contributed by atoms with Gasteiger partial charge in [-0.2, -0.15) is 17.6 Å². The summed E-state index contributed by atoms with van der Waals surface area (Å²) in [6, 6.07) is 5.69. The van der Waals surface area contributed by atoms with Crippen LogP contribution in [0.3, 0.4) is 0 Å². The zero-order valence-corrected chi connectivity index (χ0v) is 26.0. The zero-order chi connectivity index (χ0) is 36.4. The molecule has 0 N–H and O–H groups in total. The third kappa shape index (κ3) is 8.15. The number of halogens is 11. The normalized spacial score (nSPS) is 16.8. The highest BCUT2D eigenvalue weighted by Crippen LogP contribution is 2.40. The number of alkyl halides is 4. The summed E-state index contributed by atoms with van der Waals surface area (Å²) < 4.78 is 178. The minimum Gasteiger partial charge on any atom is -0.429 e. The first kappa shape index (κ1) is 36.9. The second-order valence-electron chi connectivity index (χ2n) is 11.5. The third-order valence-electron chi connectivity index (χ3n) is 7.80. The maximum absolute atomic E-state index is 15.1. The van der Waals surface area contributed by atoms with E-state index in [0.29, 0.717) is 30.9 Å². The standard InChI is InChI=1S/C35H27F11O4/c1-2-3-4-5-18-16-47-33(48-17-18)20-6-8-23(25(36)11-20)19-7-9-24(26(37)10-19)34(43,44)49-21-12-27(38)31(28(39)13-21)35(45,46)50-22-14-29(40)32(42)30(41)15-22/h6-15,18,33H,2-5,16-17H2,1H3. The van der Waals surface area contributed by atoms with Gasteiger partial charge in [0.05, 0.1) is 18.8 Å². The van der Waals surface area contributed by atoms with Crippen molar-refractivity contribution in [2.45, 2.75) is 51.1 Å². The van der Waals surface area contributed by atoms with Crippen LogP contribution in [0.15, 0.2) is 60.7 Å². The summed E-state index contributed by atoms with van der Waals surface area (Å²) in [6.07, 6.45) is -6.33. The van der Waals surface area contributed by atoms with E-state index in [1.54, 1.807) is 0 Å². The molecule has 0 amide bonds. The van der Waals surface area contributed by atoms with Crippen molar-refractivity contribution in [2.24, 2.45) is 5.92 Å². The fourth-order valence-corrected chi connectivity index (χ4v) is 5.30. The second kappa shape index (κ2) is 14.9. The quantitative estimate of drug-likeness (QED) is 0.0830. The maximum Gasteiger partial charge on any atom is 0.432 e. The molecule has 1 aliphatic heterocycles. The molecule has 15 heteroatoms. The molecule has 1 heterocycles. The lowest BCUT2D eigenvalue weighted by atomic mass is 10.00. The smallest absolute Gasteiger partial charge is 0.429 e. The van der Waals surface area contributed by atoms with Gasteiger partial charge >= 0.3 is 12.2 Å². The molecule has 0 aromatic heterocycles. The van der Waals surface area contributed by atoms with Crippen LogP contribution in [0.2, 0.25) is 0 Å². The molecule has 268 valence electrons. The van der Waals surface area contributed by atoms with Crippen molar-refractivity contribution in [3.8, 4) is 22.6 Å². The summed E-state index contributed by atoms with van der Waals surface area (Å²) in [5.74, 6) is -15.3. The Hall–Kier alpha value is -4.37. The third-order valence-corrected chi connectivity index (χ3v) is 7.80. The van der Waals surface area contributed by atoms with Gasteiger partial charge in [0.1, 0.15) is 40.3 Å². The van der Waals surface area contributed by atoms with Crippen LogP contribution in [0.1, 0.15) is 55.6 Å². The van der Waals surface area contributed by atoms with Crippen LogP contribution in [0.5, 0.6) is 11.5 Å². The first-order chi connectivity index (χ1) is 23.6. The Balaban J connectivity index is 1.29. The van der Waals surface area contributed by atoms with E-state index in [4.69, 9.17) is 9.47 Å². The Morgan fingerprint density at radius 2 is 1.22 bits per heavy atom. The van der Waals surface area contributed by atoms with Crippen molar-refractivity contribution >= 4 is 0 Å². The number of unbranched alkanes of at least 4 members (excludes halogenated alkanes) is 2. The summed E-state index contributed by atoms with van der Waals surface area (Å²) >= 11 is 0. The Morgan fingerprint density at radius 1 is 0.640 bits per heavy atom. The topological polar surface area (TPSA) is 36.9 Å². The van der Waals surface area contributed by atoms with Gasteiger partial charge in [0.25, 0.3) is 0 Å². The highest BCUT2D eigenvalue weighted by atomic mass is 19.3. The van der Waals surface area contributed by atoms with Gasteiger partial charge in [-0.3, -0.25) is 0 Å². The number of hydrogen-bond acceptors (Lipinski definition) is 4. The van der Waals surface area contributed by atoms with E-state index in [0.717, 1.165) is 37.8 Å².